The summed E-state index contributed by atoms with van der Waals surface area (Å²) in [5, 5.41) is 9.21. The maximum atomic E-state index is 12.2. The van der Waals surface area contributed by atoms with E-state index >= 15 is 0 Å². The number of amides is 1. The van der Waals surface area contributed by atoms with E-state index in [1.54, 1.807) is 25.2 Å². The van der Waals surface area contributed by atoms with Gasteiger partial charge in [0.05, 0.1) is 12.5 Å². The predicted octanol–water partition coefficient (Wildman–Crippen LogP) is 3.99. The molecule has 0 radical (unpaired) electrons. The van der Waals surface area contributed by atoms with E-state index in [9.17, 15) is 9.59 Å². The molecule has 0 aliphatic heterocycles. The number of esters is 1. The number of ether oxygens (including phenoxy) is 1. The Morgan fingerprint density at radius 1 is 1.28 bits per heavy atom. The van der Waals surface area contributed by atoms with Crippen molar-refractivity contribution in [2.24, 2.45) is 0 Å². The minimum atomic E-state index is -0.905. The van der Waals surface area contributed by atoms with Gasteiger partial charge in [0.15, 0.2) is 6.10 Å². The third-order valence-electron chi connectivity index (χ3n) is 3.50. The number of halogens is 1. The molecule has 25 heavy (non-hydrogen) atoms. The summed E-state index contributed by atoms with van der Waals surface area (Å²) >= 11 is 7.16. The van der Waals surface area contributed by atoms with Crippen molar-refractivity contribution >= 4 is 34.8 Å². The van der Waals surface area contributed by atoms with Gasteiger partial charge in [-0.3, -0.25) is 4.79 Å². The Labute approximate surface area is 155 Å². The standard InChI is InChI=1S/C18H17ClN2O3S/c1-12(17(22)21(2)11-3-10-20)24-18(23)16-9-8-15(25-16)13-4-6-14(19)7-5-13/h4-9,12H,3,11H2,1-2H3/t12-/m0/s1. The lowest BCUT2D eigenvalue weighted by molar-refractivity contribution is -0.138. The van der Waals surface area contributed by atoms with Crippen molar-refractivity contribution < 1.29 is 14.3 Å². The highest BCUT2D eigenvalue weighted by molar-refractivity contribution is 7.17. The van der Waals surface area contributed by atoms with Crippen molar-refractivity contribution in [1.82, 2.24) is 4.90 Å². The number of carbonyl (C=O) groups is 2. The van der Waals surface area contributed by atoms with Crippen molar-refractivity contribution in [1.29, 1.82) is 5.26 Å². The second-order valence-corrected chi connectivity index (χ2v) is 6.91. The van der Waals surface area contributed by atoms with E-state index in [1.807, 2.05) is 24.3 Å². The summed E-state index contributed by atoms with van der Waals surface area (Å²) in [6.45, 7) is 1.83. The highest BCUT2D eigenvalue weighted by Crippen LogP contribution is 2.29. The number of rotatable bonds is 6. The molecule has 0 fully saturated rings. The van der Waals surface area contributed by atoms with Crippen molar-refractivity contribution in [3.05, 3.63) is 46.3 Å². The minimum absolute atomic E-state index is 0.234. The maximum Gasteiger partial charge on any atom is 0.349 e. The zero-order chi connectivity index (χ0) is 18.4. The Morgan fingerprint density at radius 3 is 2.60 bits per heavy atom. The van der Waals surface area contributed by atoms with E-state index in [4.69, 9.17) is 21.6 Å². The second kappa shape index (κ2) is 8.65. The number of nitrogens with zero attached hydrogens (tertiary/aromatic N) is 2. The Bertz CT molecular complexity index is 795. The van der Waals surface area contributed by atoms with Gasteiger partial charge in [0, 0.05) is 23.5 Å². The quantitative estimate of drug-likeness (QED) is 0.715. The number of hydrogen-bond acceptors (Lipinski definition) is 5. The zero-order valence-corrected chi connectivity index (χ0v) is 15.4. The van der Waals surface area contributed by atoms with Gasteiger partial charge in [-0.15, -0.1) is 11.3 Å². The zero-order valence-electron chi connectivity index (χ0n) is 13.9. The van der Waals surface area contributed by atoms with Gasteiger partial charge in [-0.25, -0.2) is 4.79 Å². The molecule has 0 aliphatic rings. The molecular weight excluding hydrogens is 360 g/mol. The Morgan fingerprint density at radius 2 is 1.96 bits per heavy atom. The topological polar surface area (TPSA) is 70.4 Å². The van der Waals surface area contributed by atoms with Gasteiger partial charge in [-0.1, -0.05) is 23.7 Å². The fraction of sp³-hybridized carbons (Fsp3) is 0.278. The maximum absolute atomic E-state index is 12.2. The summed E-state index contributed by atoms with van der Waals surface area (Å²) in [7, 11) is 1.58. The van der Waals surface area contributed by atoms with Gasteiger partial charge in [-0.05, 0) is 36.8 Å². The average Bonchev–Trinajstić information content (AvgIpc) is 3.09. The van der Waals surface area contributed by atoms with Gasteiger partial charge in [0.1, 0.15) is 4.88 Å². The van der Waals surface area contributed by atoms with Crippen LogP contribution >= 0.6 is 22.9 Å². The third-order valence-corrected chi connectivity index (χ3v) is 4.87. The van der Waals surface area contributed by atoms with Crippen LogP contribution in [0.2, 0.25) is 5.02 Å². The Balaban J connectivity index is 2.00. The number of nitriles is 1. The van der Waals surface area contributed by atoms with Gasteiger partial charge >= 0.3 is 5.97 Å². The van der Waals surface area contributed by atoms with E-state index in [-0.39, 0.29) is 12.3 Å². The molecule has 0 saturated carbocycles. The summed E-state index contributed by atoms with van der Waals surface area (Å²) in [6, 6.07) is 12.8. The number of likely N-dealkylation sites (N-methyl/N-ethyl adjacent to an activating group) is 1. The highest BCUT2D eigenvalue weighted by atomic mass is 35.5. The molecule has 0 aliphatic carbocycles. The van der Waals surface area contributed by atoms with Crippen LogP contribution in [0.3, 0.4) is 0 Å². The monoisotopic (exact) mass is 376 g/mol. The molecule has 7 heteroatoms. The number of benzene rings is 1. The first-order chi connectivity index (χ1) is 11.9. The van der Waals surface area contributed by atoms with Crippen LogP contribution in [0, 0.1) is 11.3 Å². The molecule has 1 atom stereocenters. The fourth-order valence-electron chi connectivity index (χ4n) is 2.12. The molecular formula is C18H17ClN2O3S. The first-order valence-corrected chi connectivity index (χ1v) is 8.80. The summed E-state index contributed by atoms with van der Waals surface area (Å²) in [4.78, 5) is 27.1. The van der Waals surface area contributed by atoms with Crippen LogP contribution in [-0.2, 0) is 9.53 Å². The molecule has 0 unspecified atom stereocenters. The Kier molecular flexibility index (Phi) is 6.57. The predicted molar refractivity (Wildman–Crippen MR) is 97.5 cm³/mol. The molecule has 0 saturated heterocycles. The van der Waals surface area contributed by atoms with Gasteiger partial charge in [0.2, 0.25) is 0 Å². The largest absolute Gasteiger partial charge is 0.448 e. The van der Waals surface area contributed by atoms with E-state index in [0.29, 0.717) is 16.4 Å². The van der Waals surface area contributed by atoms with Crippen molar-refractivity contribution in [2.45, 2.75) is 19.4 Å². The first-order valence-electron chi connectivity index (χ1n) is 7.61. The van der Waals surface area contributed by atoms with Crippen LogP contribution in [0.1, 0.15) is 23.0 Å². The summed E-state index contributed by atoms with van der Waals surface area (Å²) < 4.78 is 5.24. The van der Waals surface area contributed by atoms with E-state index in [0.717, 1.165) is 10.4 Å². The number of thiophene rings is 1. The van der Waals surface area contributed by atoms with Crippen LogP contribution in [0.25, 0.3) is 10.4 Å². The van der Waals surface area contributed by atoms with Crippen molar-refractivity contribution in [3.63, 3.8) is 0 Å². The molecule has 1 heterocycles. The molecule has 2 aromatic rings. The van der Waals surface area contributed by atoms with Gasteiger partial charge in [0.25, 0.3) is 5.91 Å². The van der Waals surface area contributed by atoms with Crippen molar-refractivity contribution in [3.8, 4) is 16.5 Å². The summed E-state index contributed by atoms with van der Waals surface area (Å²) in [5.74, 6) is -0.877. The van der Waals surface area contributed by atoms with Gasteiger partial charge < -0.3 is 9.64 Å². The highest BCUT2D eigenvalue weighted by Gasteiger charge is 2.23. The Hall–Kier alpha value is -2.36. The minimum Gasteiger partial charge on any atom is -0.448 e. The van der Waals surface area contributed by atoms with Crippen LogP contribution in [0.4, 0.5) is 0 Å². The normalized spacial score (nSPS) is 11.4. The first kappa shape index (κ1) is 19.0. The lowest BCUT2D eigenvalue weighted by atomic mass is 10.2. The van der Waals surface area contributed by atoms with E-state index < -0.39 is 12.1 Å². The van der Waals surface area contributed by atoms with E-state index in [2.05, 4.69) is 0 Å². The molecule has 0 bridgehead atoms. The molecule has 1 amide bonds. The third kappa shape index (κ3) is 5.05. The smallest absolute Gasteiger partial charge is 0.349 e. The lowest BCUT2D eigenvalue weighted by Gasteiger charge is -2.20. The second-order valence-electron chi connectivity index (χ2n) is 5.39. The summed E-state index contributed by atoms with van der Waals surface area (Å²) in [5.41, 5.74) is 0.953. The average molecular weight is 377 g/mol. The number of carbonyl (C=O) groups excluding carboxylic acids is 2. The van der Waals surface area contributed by atoms with Crippen molar-refractivity contribution in [2.75, 3.05) is 13.6 Å². The SMILES string of the molecule is C[C@H](OC(=O)c1ccc(-c2ccc(Cl)cc2)s1)C(=O)N(C)CCC#N. The molecule has 0 N–H and O–H groups in total. The van der Waals surface area contributed by atoms with Gasteiger partial charge in [-0.2, -0.15) is 5.26 Å². The molecule has 1 aromatic carbocycles. The molecule has 130 valence electrons. The fourth-order valence-corrected chi connectivity index (χ4v) is 3.14. The molecule has 5 nitrogen and oxygen atoms in total. The summed E-state index contributed by atoms with van der Waals surface area (Å²) in [6.07, 6.45) is -0.671. The van der Waals surface area contributed by atoms with E-state index in [1.165, 1.54) is 23.2 Å². The number of hydrogen-bond donors (Lipinski definition) is 0. The lowest BCUT2D eigenvalue weighted by Crippen LogP contribution is -2.37. The van der Waals surface area contributed by atoms with Crippen LogP contribution < -0.4 is 0 Å². The van der Waals surface area contributed by atoms with Crippen LogP contribution in [0.5, 0.6) is 0 Å². The molecule has 2 rings (SSSR count). The molecule has 1 aromatic heterocycles. The molecule has 0 spiro atoms. The van der Waals surface area contributed by atoms with Crippen LogP contribution in [-0.4, -0.2) is 36.5 Å². The van der Waals surface area contributed by atoms with Crippen LogP contribution in [0.15, 0.2) is 36.4 Å².